The predicted molar refractivity (Wildman–Crippen MR) is 89.3 cm³/mol. The monoisotopic (exact) mass is 318 g/mol. The van der Waals surface area contributed by atoms with E-state index in [2.05, 4.69) is 41.6 Å². The minimum Gasteiger partial charge on any atom is -0.318 e. The van der Waals surface area contributed by atoms with E-state index in [0.717, 1.165) is 16.9 Å². The van der Waals surface area contributed by atoms with Crippen molar-refractivity contribution in [1.82, 2.24) is 9.55 Å². The molecule has 21 heavy (non-hydrogen) atoms. The fourth-order valence-corrected chi connectivity index (χ4v) is 3.31. The number of fused-ring (bicyclic) bond motifs is 1. The number of halogens is 2. The predicted octanol–water partition coefficient (Wildman–Crippen LogP) is 5.35. The normalized spacial score (nSPS) is 12.8. The van der Waals surface area contributed by atoms with Crippen LogP contribution in [0.5, 0.6) is 0 Å². The Morgan fingerprint density at radius 3 is 2.62 bits per heavy atom. The van der Waals surface area contributed by atoms with E-state index >= 15 is 0 Å². The van der Waals surface area contributed by atoms with Gasteiger partial charge in [-0.1, -0.05) is 41.9 Å². The molecule has 0 radical (unpaired) electrons. The number of hydrogen-bond acceptors (Lipinski definition) is 1. The smallest absolute Gasteiger partial charge is 0.125 e. The van der Waals surface area contributed by atoms with E-state index in [9.17, 15) is 0 Å². The van der Waals surface area contributed by atoms with E-state index in [1.165, 1.54) is 11.1 Å². The highest BCUT2D eigenvalue weighted by molar-refractivity contribution is 6.35. The maximum atomic E-state index is 6.40. The van der Waals surface area contributed by atoms with Crippen LogP contribution >= 0.6 is 23.2 Å². The number of hydrogen-bond donors (Lipinski definition) is 0. The van der Waals surface area contributed by atoms with Crippen molar-refractivity contribution in [3.05, 3.63) is 64.4 Å². The Morgan fingerprint density at radius 1 is 1.14 bits per heavy atom. The average molecular weight is 319 g/mol. The minimum absolute atomic E-state index is 0.129. The highest BCUT2D eigenvalue weighted by atomic mass is 35.5. The van der Waals surface area contributed by atoms with Gasteiger partial charge in [0.15, 0.2) is 0 Å². The maximum absolute atomic E-state index is 6.40. The molecule has 0 amide bonds. The number of para-hydroxylation sites is 1. The van der Waals surface area contributed by atoms with Crippen LogP contribution < -0.4 is 0 Å². The van der Waals surface area contributed by atoms with Crippen molar-refractivity contribution in [2.45, 2.75) is 25.8 Å². The summed E-state index contributed by atoms with van der Waals surface area (Å²) in [5, 5.41) is 0.705. The molecule has 3 aromatic rings. The average Bonchev–Trinajstić information content (AvgIpc) is 2.87. The molecule has 0 aliphatic heterocycles. The number of nitrogens with zero attached hydrogens (tertiary/aromatic N) is 2. The SMILES string of the molecule is Cc1ccccc1C(C)n1c(CCl)nc2cccc(Cl)c21. The van der Waals surface area contributed by atoms with Crippen molar-refractivity contribution in [2.75, 3.05) is 0 Å². The minimum atomic E-state index is 0.129. The Hall–Kier alpha value is -1.51. The van der Waals surface area contributed by atoms with Crippen molar-refractivity contribution in [3.8, 4) is 0 Å². The fourth-order valence-electron chi connectivity index (χ4n) is 2.86. The van der Waals surface area contributed by atoms with Crippen LogP contribution in [0.15, 0.2) is 42.5 Å². The Kier molecular flexibility index (Phi) is 3.92. The van der Waals surface area contributed by atoms with Gasteiger partial charge in [0.05, 0.1) is 28.0 Å². The molecular formula is C17H16Cl2N2. The van der Waals surface area contributed by atoms with Gasteiger partial charge in [0.1, 0.15) is 5.82 Å². The molecule has 0 bridgehead atoms. The number of imidazole rings is 1. The van der Waals surface area contributed by atoms with Crippen LogP contribution in [0.25, 0.3) is 11.0 Å². The quantitative estimate of drug-likeness (QED) is 0.595. The second-order valence-electron chi connectivity index (χ2n) is 5.17. The van der Waals surface area contributed by atoms with Crippen molar-refractivity contribution in [2.24, 2.45) is 0 Å². The molecule has 0 saturated carbocycles. The Labute approximate surface area is 134 Å². The summed E-state index contributed by atoms with van der Waals surface area (Å²) >= 11 is 12.5. The van der Waals surface area contributed by atoms with Crippen LogP contribution in [0.3, 0.4) is 0 Å². The molecule has 108 valence electrons. The molecule has 0 fully saturated rings. The van der Waals surface area contributed by atoms with Crippen LogP contribution in [-0.4, -0.2) is 9.55 Å². The molecule has 2 nitrogen and oxygen atoms in total. The van der Waals surface area contributed by atoms with Crippen LogP contribution in [0.1, 0.15) is 29.9 Å². The first kappa shape index (κ1) is 14.4. The van der Waals surface area contributed by atoms with E-state index in [1.54, 1.807) is 0 Å². The number of alkyl halides is 1. The zero-order chi connectivity index (χ0) is 15.0. The van der Waals surface area contributed by atoms with Crippen molar-refractivity contribution in [1.29, 1.82) is 0 Å². The Balaban J connectivity index is 2.26. The van der Waals surface area contributed by atoms with E-state index in [1.807, 2.05) is 24.3 Å². The number of rotatable bonds is 3. The van der Waals surface area contributed by atoms with E-state index in [-0.39, 0.29) is 6.04 Å². The van der Waals surface area contributed by atoms with Gasteiger partial charge in [-0.15, -0.1) is 11.6 Å². The van der Waals surface area contributed by atoms with E-state index < -0.39 is 0 Å². The summed E-state index contributed by atoms with van der Waals surface area (Å²) in [6.07, 6.45) is 0. The zero-order valence-corrected chi connectivity index (χ0v) is 13.5. The van der Waals surface area contributed by atoms with Crippen LogP contribution in [0.2, 0.25) is 5.02 Å². The second kappa shape index (κ2) is 5.70. The first-order chi connectivity index (χ1) is 10.1. The fraction of sp³-hybridized carbons (Fsp3) is 0.235. The first-order valence-corrected chi connectivity index (χ1v) is 7.81. The largest absolute Gasteiger partial charge is 0.318 e. The van der Waals surface area contributed by atoms with Gasteiger partial charge in [-0.05, 0) is 37.1 Å². The lowest BCUT2D eigenvalue weighted by Gasteiger charge is -2.20. The molecule has 1 unspecified atom stereocenters. The van der Waals surface area contributed by atoms with Crippen LogP contribution in [0.4, 0.5) is 0 Å². The third-order valence-corrected chi connectivity index (χ3v) is 4.42. The highest BCUT2D eigenvalue weighted by Crippen LogP contribution is 2.32. The molecule has 0 spiro atoms. The molecule has 3 rings (SSSR count). The Bertz CT molecular complexity index is 793. The summed E-state index contributed by atoms with van der Waals surface area (Å²) in [6.45, 7) is 4.27. The van der Waals surface area contributed by atoms with E-state index in [0.29, 0.717) is 10.9 Å². The lowest BCUT2D eigenvalue weighted by atomic mass is 10.0. The zero-order valence-electron chi connectivity index (χ0n) is 12.0. The molecular weight excluding hydrogens is 303 g/mol. The standard InChI is InChI=1S/C17H16Cl2N2/c1-11-6-3-4-7-13(11)12(2)21-16(10-18)20-15-9-5-8-14(19)17(15)21/h3-9,12H,10H2,1-2H3. The topological polar surface area (TPSA) is 17.8 Å². The Morgan fingerprint density at radius 2 is 1.90 bits per heavy atom. The lowest BCUT2D eigenvalue weighted by molar-refractivity contribution is 0.630. The molecule has 0 saturated heterocycles. The van der Waals surface area contributed by atoms with Gasteiger partial charge < -0.3 is 4.57 Å². The van der Waals surface area contributed by atoms with Gasteiger partial charge in [0.2, 0.25) is 0 Å². The van der Waals surface area contributed by atoms with Crippen LogP contribution in [-0.2, 0) is 5.88 Å². The summed E-state index contributed by atoms with van der Waals surface area (Å²) in [6, 6.07) is 14.3. The van der Waals surface area contributed by atoms with Crippen LogP contribution in [0, 0.1) is 6.92 Å². The molecule has 4 heteroatoms. The molecule has 1 aromatic heterocycles. The molecule has 0 aliphatic carbocycles. The number of aryl methyl sites for hydroxylation is 1. The van der Waals surface area contributed by atoms with Gasteiger partial charge in [-0.2, -0.15) is 0 Å². The third kappa shape index (κ3) is 2.43. The summed E-state index contributed by atoms with van der Waals surface area (Å²) in [7, 11) is 0. The summed E-state index contributed by atoms with van der Waals surface area (Å²) in [4.78, 5) is 4.61. The summed E-state index contributed by atoms with van der Waals surface area (Å²) < 4.78 is 2.15. The molecule has 2 aromatic carbocycles. The molecule has 0 N–H and O–H groups in total. The highest BCUT2D eigenvalue weighted by Gasteiger charge is 2.19. The molecule has 0 aliphatic rings. The van der Waals surface area contributed by atoms with Gasteiger partial charge >= 0.3 is 0 Å². The third-order valence-electron chi connectivity index (χ3n) is 3.88. The lowest BCUT2D eigenvalue weighted by Crippen LogP contribution is -2.11. The number of aromatic nitrogens is 2. The van der Waals surface area contributed by atoms with Crippen molar-refractivity contribution >= 4 is 34.2 Å². The second-order valence-corrected chi connectivity index (χ2v) is 5.85. The van der Waals surface area contributed by atoms with Gasteiger partial charge in [0.25, 0.3) is 0 Å². The summed E-state index contributed by atoms with van der Waals surface area (Å²) in [5.74, 6) is 1.21. The van der Waals surface area contributed by atoms with Crippen molar-refractivity contribution in [3.63, 3.8) is 0 Å². The number of benzene rings is 2. The van der Waals surface area contributed by atoms with Gasteiger partial charge in [0, 0.05) is 0 Å². The van der Waals surface area contributed by atoms with Crippen molar-refractivity contribution < 1.29 is 0 Å². The van der Waals surface area contributed by atoms with Gasteiger partial charge in [-0.25, -0.2) is 4.98 Å². The molecule has 1 atom stereocenters. The molecule has 1 heterocycles. The van der Waals surface area contributed by atoms with E-state index in [4.69, 9.17) is 23.2 Å². The maximum Gasteiger partial charge on any atom is 0.125 e. The van der Waals surface area contributed by atoms with Gasteiger partial charge in [-0.3, -0.25) is 0 Å². The first-order valence-electron chi connectivity index (χ1n) is 6.90. The summed E-state index contributed by atoms with van der Waals surface area (Å²) in [5.41, 5.74) is 4.34.